The van der Waals surface area contributed by atoms with Crippen molar-refractivity contribution >= 4 is 0 Å². The van der Waals surface area contributed by atoms with Gasteiger partial charge in [0.15, 0.2) is 0 Å². The number of nitrogens with zero attached hydrogens (tertiary/aromatic N) is 1. The molecule has 0 saturated carbocycles. The highest BCUT2D eigenvalue weighted by Crippen LogP contribution is 2.20. The minimum absolute atomic E-state index is 0.900. The number of ether oxygens (including phenoxy) is 1. The van der Waals surface area contributed by atoms with Crippen molar-refractivity contribution in [3.05, 3.63) is 71.9 Å². The van der Waals surface area contributed by atoms with Crippen molar-refractivity contribution in [2.24, 2.45) is 0 Å². The third-order valence-corrected chi connectivity index (χ3v) is 3.31. The zero-order valence-electron chi connectivity index (χ0n) is 11.3. The van der Waals surface area contributed by atoms with Gasteiger partial charge in [-0.1, -0.05) is 36.4 Å². The first-order chi connectivity index (χ1) is 9.85. The predicted molar refractivity (Wildman–Crippen MR) is 79.8 cm³/mol. The van der Waals surface area contributed by atoms with E-state index in [2.05, 4.69) is 46.6 Å². The molecule has 0 radical (unpaired) electrons. The first kappa shape index (κ1) is 12.5. The zero-order chi connectivity index (χ0) is 13.8. The van der Waals surface area contributed by atoms with Gasteiger partial charge in [-0.3, -0.25) is 5.10 Å². The van der Waals surface area contributed by atoms with E-state index in [0.717, 1.165) is 23.4 Å². The third-order valence-electron chi connectivity index (χ3n) is 3.31. The Hall–Kier alpha value is -2.55. The summed E-state index contributed by atoms with van der Waals surface area (Å²) in [6, 6.07) is 18.7. The molecule has 3 heteroatoms. The van der Waals surface area contributed by atoms with Gasteiger partial charge < -0.3 is 4.74 Å². The van der Waals surface area contributed by atoms with Crippen LogP contribution in [-0.4, -0.2) is 17.3 Å². The summed E-state index contributed by atoms with van der Waals surface area (Å²) < 4.78 is 5.25. The molecule has 0 amide bonds. The Bertz CT molecular complexity index is 672. The van der Waals surface area contributed by atoms with Crippen molar-refractivity contribution in [3.8, 4) is 17.0 Å². The highest BCUT2D eigenvalue weighted by atomic mass is 16.5. The molecule has 0 fully saturated rings. The number of benzene rings is 2. The molecule has 0 aliphatic rings. The minimum Gasteiger partial charge on any atom is -0.497 e. The second kappa shape index (κ2) is 5.61. The van der Waals surface area contributed by atoms with Crippen LogP contribution < -0.4 is 4.74 Å². The van der Waals surface area contributed by atoms with Gasteiger partial charge in [0.2, 0.25) is 0 Å². The second-order valence-corrected chi connectivity index (χ2v) is 4.70. The van der Waals surface area contributed by atoms with Crippen molar-refractivity contribution in [1.82, 2.24) is 10.2 Å². The van der Waals surface area contributed by atoms with Crippen molar-refractivity contribution < 1.29 is 4.74 Å². The molecule has 20 heavy (non-hydrogen) atoms. The summed E-state index contributed by atoms with van der Waals surface area (Å²) in [5, 5.41) is 6.94. The fraction of sp³-hybridized carbons (Fsp3) is 0.118. The Labute approximate surface area is 118 Å². The Morgan fingerprint density at radius 3 is 2.55 bits per heavy atom. The molecule has 0 aliphatic heterocycles. The Morgan fingerprint density at radius 2 is 1.85 bits per heavy atom. The molecule has 0 saturated heterocycles. The summed E-state index contributed by atoms with van der Waals surface area (Å²) in [5.41, 5.74) is 4.72. The number of hydrogen-bond acceptors (Lipinski definition) is 2. The van der Waals surface area contributed by atoms with Crippen LogP contribution in [0.2, 0.25) is 0 Å². The van der Waals surface area contributed by atoms with Crippen LogP contribution in [-0.2, 0) is 6.42 Å². The molecule has 100 valence electrons. The van der Waals surface area contributed by atoms with E-state index in [1.807, 2.05) is 18.2 Å². The third kappa shape index (κ3) is 2.72. The fourth-order valence-electron chi connectivity index (χ4n) is 2.24. The number of nitrogens with one attached hydrogen (secondary N) is 1. The van der Waals surface area contributed by atoms with E-state index in [1.54, 1.807) is 13.3 Å². The van der Waals surface area contributed by atoms with Crippen LogP contribution in [0.25, 0.3) is 11.3 Å². The van der Waals surface area contributed by atoms with Gasteiger partial charge in [0.25, 0.3) is 0 Å². The number of rotatable bonds is 4. The fourth-order valence-corrected chi connectivity index (χ4v) is 2.24. The number of hydrogen-bond donors (Lipinski definition) is 1. The molecule has 0 unspecified atom stereocenters. The van der Waals surface area contributed by atoms with E-state index >= 15 is 0 Å². The monoisotopic (exact) mass is 264 g/mol. The van der Waals surface area contributed by atoms with Crippen LogP contribution in [0.5, 0.6) is 5.75 Å². The van der Waals surface area contributed by atoms with Crippen molar-refractivity contribution in [3.63, 3.8) is 0 Å². The largest absolute Gasteiger partial charge is 0.497 e. The van der Waals surface area contributed by atoms with E-state index in [-0.39, 0.29) is 0 Å². The Morgan fingerprint density at radius 1 is 1.00 bits per heavy atom. The Balaban J connectivity index is 1.78. The highest BCUT2D eigenvalue weighted by molar-refractivity contribution is 5.58. The maximum absolute atomic E-state index is 5.25. The first-order valence-corrected chi connectivity index (χ1v) is 6.57. The topological polar surface area (TPSA) is 37.9 Å². The van der Waals surface area contributed by atoms with Crippen LogP contribution >= 0.6 is 0 Å². The van der Waals surface area contributed by atoms with Gasteiger partial charge in [-0.2, -0.15) is 5.10 Å². The van der Waals surface area contributed by atoms with Gasteiger partial charge in [0.1, 0.15) is 5.75 Å². The van der Waals surface area contributed by atoms with Gasteiger partial charge in [-0.25, -0.2) is 0 Å². The van der Waals surface area contributed by atoms with Crippen molar-refractivity contribution in [2.45, 2.75) is 6.42 Å². The average molecular weight is 264 g/mol. The lowest BCUT2D eigenvalue weighted by Gasteiger charge is -2.05. The summed E-state index contributed by atoms with van der Waals surface area (Å²) in [6.45, 7) is 0. The van der Waals surface area contributed by atoms with Gasteiger partial charge in [0.05, 0.1) is 12.8 Å². The molecule has 1 heterocycles. The Kier molecular flexibility index (Phi) is 3.50. The number of H-pyrrole nitrogens is 1. The lowest BCUT2D eigenvalue weighted by atomic mass is 10.0. The summed E-state index contributed by atoms with van der Waals surface area (Å²) in [4.78, 5) is 0. The summed E-state index contributed by atoms with van der Waals surface area (Å²) in [7, 11) is 1.69. The molecular formula is C17H16N2O. The van der Waals surface area contributed by atoms with E-state index in [9.17, 15) is 0 Å². The summed E-state index contributed by atoms with van der Waals surface area (Å²) in [5.74, 6) is 0.900. The number of aromatic nitrogens is 2. The molecule has 1 N–H and O–H groups in total. The van der Waals surface area contributed by atoms with Crippen LogP contribution in [0.1, 0.15) is 11.1 Å². The first-order valence-electron chi connectivity index (χ1n) is 6.57. The van der Waals surface area contributed by atoms with Gasteiger partial charge in [-0.15, -0.1) is 0 Å². The molecule has 2 aromatic carbocycles. The quantitative estimate of drug-likeness (QED) is 0.780. The normalized spacial score (nSPS) is 10.4. The predicted octanol–water partition coefficient (Wildman–Crippen LogP) is 3.68. The maximum Gasteiger partial charge on any atom is 0.119 e. The van der Waals surface area contributed by atoms with Crippen molar-refractivity contribution in [2.75, 3.05) is 7.11 Å². The summed E-state index contributed by atoms with van der Waals surface area (Å²) >= 11 is 0. The minimum atomic E-state index is 0.900. The highest BCUT2D eigenvalue weighted by Gasteiger charge is 2.01. The van der Waals surface area contributed by atoms with Crippen LogP contribution in [0, 0.1) is 0 Å². The second-order valence-electron chi connectivity index (χ2n) is 4.70. The van der Waals surface area contributed by atoms with Gasteiger partial charge in [-0.05, 0) is 41.3 Å². The van der Waals surface area contributed by atoms with Gasteiger partial charge in [0, 0.05) is 6.20 Å². The molecule has 3 nitrogen and oxygen atoms in total. The van der Waals surface area contributed by atoms with E-state index in [0.29, 0.717) is 0 Å². The smallest absolute Gasteiger partial charge is 0.119 e. The van der Waals surface area contributed by atoms with E-state index in [4.69, 9.17) is 4.74 Å². The standard InChI is InChI=1S/C17H16N2O/c1-20-16-4-2-3-14(12-16)11-13-5-7-15(8-6-13)17-9-10-18-19-17/h2-10,12H,11H2,1H3,(H,18,19). The molecule has 0 bridgehead atoms. The van der Waals surface area contributed by atoms with Crippen LogP contribution in [0.4, 0.5) is 0 Å². The molecule has 3 rings (SSSR count). The maximum atomic E-state index is 5.25. The average Bonchev–Trinajstić information content (AvgIpc) is 3.02. The molecule has 1 aromatic heterocycles. The molecule has 0 atom stereocenters. The lowest BCUT2D eigenvalue weighted by Crippen LogP contribution is -1.90. The number of methoxy groups -OCH3 is 1. The lowest BCUT2D eigenvalue weighted by molar-refractivity contribution is 0.414. The molecule has 3 aromatic rings. The molecular weight excluding hydrogens is 248 g/mol. The molecule has 0 spiro atoms. The zero-order valence-corrected chi connectivity index (χ0v) is 11.3. The number of aromatic amines is 1. The van der Waals surface area contributed by atoms with Crippen molar-refractivity contribution in [1.29, 1.82) is 0 Å². The SMILES string of the molecule is COc1cccc(Cc2ccc(-c3ccn[nH]3)cc2)c1. The van der Waals surface area contributed by atoms with E-state index in [1.165, 1.54) is 11.1 Å². The van der Waals surface area contributed by atoms with E-state index < -0.39 is 0 Å². The summed E-state index contributed by atoms with van der Waals surface area (Å²) in [6.07, 6.45) is 2.67. The molecule has 0 aliphatic carbocycles. The van der Waals surface area contributed by atoms with Crippen LogP contribution in [0.3, 0.4) is 0 Å². The van der Waals surface area contributed by atoms with Crippen LogP contribution in [0.15, 0.2) is 60.8 Å². The van der Waals surface area contributed by atoms with Gasteiger partial charge >= 0.3 is 0 Å².